The Morgan fingerprint density at radius 1 is 0.667 bits per heavy atom. The third kappa shape index (κ3) is 5.66. The molecule has 1 saturated heterocycles. The molecule has 0 aromatic heterocycles. The standard InChI is InChI=1S/C33H28N2O3S/c1-24(36)34-22-23-35(33(34)39)31(29(25-14-6-2-7-15-25)26-16-8-3-9-17-26)38-32(37)30(27-18-10-4-11-19-27)28-20-12-5-13-21-28/h2-21,30H,22-23H2,1H3. The van der Waals surface area contributed by atoms with Crippen LogP contribution in [-0.2, 0) is 14.3 Å². The molecule has 5 nitrogen and oxygen atoms in total. The Bertz CT molecular complexity index is 1410. The van der Waals surface area contributed by atoms with Crippen molar-refractivity contribution in [2.24, 2.45) is 0 Å². The smallest absolute Gasteiger partial charge is 0.324 e. The summed E-state index contributed by atoms with van der Waals surface area (Å²) < 4.78 is 6.42. The van der Waals surface area contributed by atoms with Gasteiger partial charge in [-0.05, 0) is 34.5 Å². The minimum atomic E-state index is -0.657. The van der Waals surface area contributed by atoms with Gasteiger partial charge in [-0.2, -0.15) is 0 Å². The van der Waals surface area contributed by atoms with Crippen molar-refractivity contribution in [1.82, 2.24) is 9.80 Å². The molecule has 39 heavy (non-hydrogen) atoms. The molecule has 4 aromatic carbocycles. The van der Waals surface area contributed by atoms with E-state index in [4.69, 9.17) is 17.0 Å². The predicted octanol–water partition coefficient (Wildman–Crippen LogP) is 6.23. The predicted molar refractivity (Wildman–Crippen MR) is 156 cm³/mol. The fourth-order valence-electron chi connectivity index (χ4n) is 4.79. The number of thiocarbonyl (C=S) groups is 1. The molecule has 0 unspecified atom stereocenters. The van der Waals surface area contributed by atoms with E-state index in [1.807, 2.05) is 121 Å². The monoisotopic (exact) mass is 532 g/mol. The quantitative estimate of drug-likeness (QED) is 0.161. The van der Waals surface area contributed by atoms with Crippen LogP contribution in [0.1, 0.15) is 35.1 Å². The zero-order valence-electron chi connectivity index (χ0n) is 21.6. The van der Waals surface area contributed by atoms with E-state index < -0.39 is 11.9 Å². The van der Waals surface area contributed by atoms with Gasteiger partial charge < -0.3 is 4.74 Å². The second-order valence-electron chi connectivity index (χ2n) is 9.19. The van der Waals surface area contributed by atoms with Crippen LogP contribution in [0.3, 0.4) is 0 Å². The number of carbonyl (C=O) groups is 2. The largest absolute Gasteiger partial charge is 0.408 e. The molecular formula is C33H28N2O3S. The van der Waals surface area contributed by atoms with Gasteiger partial charge in [0.2, 0.25) is 11.8 Å². The lowest BCUT2D eigenvalue weighted by molar-refractivity contribution is -0.141. The number of esters is 1. The number of amides is 1. The highest BCUT2D eigenvalue weighted by molar-refractivity contribution is 7.80. The Hall–Kier alpha value is -4.55. The highest BCUT2D eigenvalue weighted by atomic mass is 32.1. The lowest BCUT2D eigenvalue weighted by Gasteiger charge is -2.27. The minimum absolute atomic E-state index is 0.152. The molecule has 0 spiro atoms. The molecule has 4 aromatic rings. The van der Waals surface area contributed by atoms with Crippen molar-refractivity contribution >= 4 is 34.8 Å². The Balaban J connectivity index is 1.68. The van der Waals surface area contributed by atoms with Crippen LogP contribution in [0.15, 0.2) is 127 Å². The number of carbonyl (C=O) groups excluding carboxylic acids is 2. The minimum Gasteiger partial charge on any atom is -0.408 e. The molecule has 1 heterocycles. The van der Waals surface area contributed by atoms with Gasteiger partial charge in [0.1, 0.15) is 5.92 Å². The van der Waals surface area contributed by atoms with Crippen molar-refractivity contribution in [2.45, 2.75) is 12.8 Å². The third-order valence-corrected chi connectivity index (χ3v) is 7.11. The average Bonchev–Trinajstić information content (AvgIpc) is 3.36. The van der Waals surface area contributed by atoms with Crippen molar-refractivity contribution in [2.75, 3.05) is 13.1 Å². The highest BCUT2D eigenvalue weighted by Gasteiger charge is 2.36. The maximum atomic E-state index is 14.2. The first-order valence-electron chi connectivity index (χ1n) is 12.8. The molecule has 0 radical (unpaired) electrons. The van der Waals surface area contributed by atoms with Crippen molar-refractivity contribution in [3.05, 3.63) is 149 Å². The van der Waals surface area contributed by atoms with E-state index in [1.165, 1.54) is 11.8 Å². The first kappa shape index (κ1) is 26.1. The number of rotatable bonds is 7. The van der Waals surface area contributed by atoms with Gasteiger partial charge in [0.25, 0.3) is 0 Å². The zero-order chi connectivity index (χ0) is 27.2. The number of ether oxygens (including phenoxy) is 1. The van der Waals surface area contributed by atoms with Gasteiger partial charge in [0, 0.05) is 25.6 Å². The van der Waals surface area contributed by atoms with Crippen LogP contribution < -0.4 is 0 Å². The van der Waals surface area contributed by atoms with Gasteiger partial charge in [0.05, 0.1) is 0 Å². The molecule has 6 heteroatoms. The molecule has 0 bridgehead atoms. The van der Waals surface area contributed by atoms with Gasteiger partial charge >= 0.3 is 5.97 Å². The molecule has 0 atom stereocenters. The number of hydrogen-bond donors (Lipinski definition) is 0. The van der Waals surface area contributed by atoms with E-state index in [1.54, 1.807) is 4.90 Å². The summed E-state index contributed by atoms with van der Waals surface area (Å²) in [6, 6.07) is 38.8. The maximum absolute atomic E-state index is 14.2. The molecule has 1 aliphatic heterocycles. The van der Waals surface area contributed by atoms with Gasteiger partial charge in [0.15, 0.2) is 5.11 Å². The lowest BCUT2D eigenvalue weighted by atomic mass is 9.91. The first-order chi connectivity index (χ1) is 19.0. The Kier molecular flexibility index (Phi) is 7.94. The first-order valence-corrected chi connectivity index (χ1v) is 13.2. The summed E-state index contributed by atoms with van der Waals surface area (Å²) in [6.45, 7) is 2.31. The highest BCUT2D eigenvalue weighted by Crippen LogP contribution is 2.34. The number of hydrogen-bond acceptors (Lipinski definition) is 4. The molecule has 1 amide bonds. The normalized spacial score (nSPS) is 12.9. The topological polar surface area (TPSA) is 49.9 Å². The summed E-state index contributed by atoms with van der Waals surface area (Å²) in [6.07, 6.45) is 0. The van der Waals surface area contributed by atoms with Crippen molar-refractivity contribution in [1.29, 1.82) is 0 Å². The molecule has 0 saturated carbocycles. The second kappa shape index (κ2) is 11.9. The van der Waals surface area contributed by atoms with Gasteiger partial charge in [-0.15, -0.1) is 0 Å². The van der Waals surface area contributed by atoms with Crippen molar-refractivity contribution in [3.8, 4) is 0 Å². The van der Waals surface area contributed by atoms with Crippen LogP contribution in [0.2, 0.25) is 0 Å². The fraction of sp³-hybridized carbons (Fsp3) is 0.121. The maximum Gasteiger partial charge on any atom is 0.324 e. The van der Waals surface area contributed by atoms with Crippen LogP contribution in [0.25, 0.3) is 5.57 Å². The van der Waals surface area contributed by atoms with E-state index in [-0.39, 0.29) is 5.91 Å². The fourth-order valence-corrected chi connectivity index (χ4v) is 5.19. The van der Waals surface area contributed by atoms with E-state index in [0.29, 0.717) is 24.1 Å². The summed E-state index contributed by atoms with van der Waals surface area (Å²) in [7, 11) is 0. The summed E-state index contributed by atoms with van der Waals surface area (Å²) >= 11 is 5.74. The number of nitrogens with zero attached hydrogens (tertiary/aromatic N) is 2. The van der Waals surface area contributed by atoms with E-state index in [9.17, 15) is 9.59 Å². The Labute approximate surface area is 234 Å². The van der Waals surface area contributed by atoms with Crippen LogP contribution in [0.4, 0.5) is 0 Å². The van der Waals surface area contributed by atoms with Crippen LogP contribution in [0.5, 0.6) is 0 Å². The summed E-state index contributed by atoms with van der Waals surface area (Å²) in [5.41, 5.74) is 4.10. The average molecular weight is 533 g/mol. The third-order valence-electron chi connectivity index (χ3n) is 6.67. The molecule has 5 rings (SSSR count). The Morgan fingerprint density at radius 3 is 1.49 bits per heavy atom. The molecule has 1 fully saturated rings. The van der Waals surface area contributed by atoms with Gasteiger partial charge in [-0.25, -0.2) is 0 Å². The summed E-state index contributed by atoms with van der Waals surface area (Å²) in [5.74, 6) is -0.935. The molecular weight excluding hydrogens is 504 g/mol. The van der Waals surface area contributed by atoms with Crippen LogP contribution in [0, 0.1) is 0 Å². The van der Waals surface area contributed by atoms with Gasteiger partial charge in [-0.3, -0.25) is 19.4 Å². The van der Waals surface area contributed by atoms with E-state index in [2.05, 4.69) is 0 Å². The molecule has 1 aliphatic rings. The molecule has 0 aliphatic carbocycles. The Morgan fingerprint density at radius 2 is 1.08 bits per heavy atom. The number of benzene rings is 4. The molecule has 0 N–H and O–H groups in total. The van der Waals surface area contributed by atoms with Crippen LogP contribution in [-0.4, -0.2) is 39.9 Å². The van der Waals surface area contributed by atoms with E-state index in [0.717, 1.165) is 27.8 Å². The van der Waals surface area contributed by atoms with Crippen LogP contribution >= 0.6 is 12.2 Å². The van der Waals surface area contributed by atoms with Gasteiger partial charge in [-0.1, -0.05) is 121 Å². The summed E-state index contributed by atoms with van der Waals surface area (Å²) in [4.78, 5) is 29.8. The summed E-state index contributed by atoms with van der Waals surface area (Å²) in [5, 5.41) is 0.311. The molecule has 194 valence electrons. The van der Waals surface area contributed by atoms with Crippen molar-refractivity contribution < 1.29 is 14.3 Å². The van der Waals surface area contributed by atoms with Crippen molar-refractivity contribution in [3.63, 3.8) is 0 Å². The lowest BCUT2D eigenvalue weighted by Crippen LogP contribution is -2.36. The second-order valence-corrected chi connectivity index (χ2v) is 9.56. The SMILES string of the molecule is CC(=O)N1CCN(C(OC(=O)C(c2ccccc2)c2ccccc2)=C(c2ccccc2)c2ccccc2)C1=S. The zero-order valence-corrected chi connectivity index (χ0v) is 22.4. The van der Waals surface area contributed by atoms with E-state index >= 15 is 0 Å².